The highest BCUT2D eigenvalue weighted by Crippen LogP contribution is 2.33. The number of hydrogen-bond donors (Lipinski definition) is 0. The van der Waals surface area contributed by atoms with Gasteiger partial charge in [0.05, 0.1) is 13.0 Å². The molecule has 0 atom stereocenters. The van der Waals surface area contributed by atoms with Gasteiger partial charge in [-0.05, 0) is 44.2 Å². The molecule has 1 aromatic carbocycles. The molecular weight excluding hydrogens is 304 g/mol. The van der Waals surface area contributed by atoms with Gasteiger partial charge in [-0.25, -0.2) is 4.79 Å². The van der Waals surface area contributed by atoms with Crippen molar-refractivity contribution in [2.75, 3.05) is 6.61 Å². The highest BCUT2D eigenvalue weighted by atomic mass is 35.5. The van der Waals surface area contributed by atoms with E-state index in [0.717, 1.165) is 19.3 Å². The summed E-state index contributed by atoms with van der Waals surface area (Å²) in [5, 5.41) is 0.522. The molecule has 1 aromatic rings. The second kappa shape index (κ2) is 7.63. The van der Waals surface area contributed by atoms with Crippen molar-refractivity contribution >= 4 is 23.5 Å². The average Bonchev–Trinajstić information content (AvgIpc) is 2.50. The highest BCUT2D eigenvalue weighted by Gasteiger charge is 2.44. The Labute approximate surface area is 135 Å². The van der Waals surface area contributed by atoms with Gasteiger partial charge in [-0.15, -0.1) is 0 Å². The fraction of sp³-hybridized carbons (Fsp3) is 0.529. The quantitative estimate of drug-likeness (QED) is 0.775. The maximum absolute atomic E-state index is 12.3. The summed E-state index contributed by atoms with van der Waals surface area (Å²) in [7, 11) is 0. The molecule has 0 radical (unpaired) electrons. The summed E-state index contributed by atoms with van der Waals surface area (Å²) in [4.78, 5) is 24.5. The van der Waals surface area contributed by atoms with Crippen LogP contribution in [0.4, 0.5) is 0 Å². The van der Waals surface area contributed by atoms with E-state index in [4.69, 9.17) is 21.1 Å². The predicted molar refractivity (Wildman–Crippen MR) is 83.7 cm³/mol. The smallest absolute Gasteiger partial charge is 0.350 e. The van der Waals surface area contributed by atoms with Crippen molar-refractivity contribution < 1.29 is 19.1 Å². The van der Waals surface area contributed by atoms with Crippen LogP contribution in [0.1, 0.15) is 44.6 Å². The second-order valence-corrected chi connectivity index (χ2v) is 5.92. The van der Waals surface area contributed by atoms with Crippen LogP contribution in [-0.2, 0) is 25.5 Å². The van der Waals surface area contributed by atoms with Crippen molar-refractivity contribution in [3.05, 3.63) is 34.9 Å². The standard InChI is InChI=1S/C17H21ClO4/c1-2-21-16(20)17(10-6-3-7-11-17)22-15(19)12-13-8-4-5-9-14(13)18/h4-5,8-9H,2-3,6-7,10-12H2,1H3. The van der Waals surface area contributed by atoms with Gasteiger partial charge >= 0.3 is 11.9 Å². The number of halogens is 1. The molecule has 0 amide bonds. The van der Waals surface area contributed by atoms with Gasteiger partial charge in [-0.3, -0.25) is 4.79 Å². The van der Waals surface area contributed by atoms with E-state index in [2.05, 4.69) is 0 Å². The number of rotatable bonds is 5. The molecule has 0 saturated heterocycles. The largest absolute Gasteiger partial charge is 0.463 e. The first-order valence-electron chi connectivity index (χ1n) is 7.70. The Balaban J connectivity index is 2.08. The van der Waals surface area contributed by atoms with E-state index in [1.807, 2.05) is 6.07 Å². The number of carbonyl (C=O) groups is 2. The van der Waals surface area contributed by atoms with Crippen LogP contribution in [0, 0.1) is 0 Å². The third kappa shape index (κ3) is 4.01. The van der Waals surface area contributed by atoms with E-state index in [1.54, 1.807) is 25.1 Å². The van der Waals surface area contributed by atoms with Gasteiger partial charge in [-0.1, -0.05) is 36.2 Å². The molecule has 1 aliphatic carbocycles. The van der Waals surface area contributed by atoms with Gasteiger partial charge < -0.3 is 9.47 Å². The number of carbonyl (C=O) groups excluding carboxylic acids is 2. The van der Waals surface area contributed by atoms with E-state index in [-0.39, 0.29) is 13.0 Å². The molecule has 4 nitrogen and oxygen atoms in total. The molecule has 0 aromatic heterocycles. The van der Waals surface area contributed by atoms with E-state index in [0.29, 0.717) is 23.4 Å². The van der Waals surface area contributed by atoms with Gasteiger partial charge in [0.15, 0.2) is 0 Å². The van der Waals surface area contributed by atoms with E-state index >= 15 is 0 Å². The summed E-state index contributed by atoms with van der Waals surface area (Å²) in [5.74, 6) is -0.870. The third-order valence-electron chi connectivity index (χ3n) is 3.91. The normalized spacial score (nSPS) is 16.8. The predicted octanol–water partition coefficient (Wildman–Crippen LogP) is 3.69. The second-order valence-electron chi connectivity index (χ2n) is 5.52. The first-order valence-corrected chi connectivity index (χ1v) is 8.07. The zero-order chi connectivity index (χ0) is 16.0. The van der Waals surface area contributed by atoms with E-state index < -0.39 is 17.5 Å². The van der Waals surface area contributed by atoms with E-state index in [1.165, 1.54) is 0 Å². The number of ether oxygens (including phenoxy) is 2. The van der Waals surface area contributed by atoms with Crippen LogP contribution in [0.2, 0.25) is 5.02 Å². The molecule has 1 saturated carbocycles. The molecule has 0 heterocycles. The monoisotopic (exact) mass is 324 g/mol. The molecule has 0 unspecified atom stereocenters. The molecular formula is C17H21ClO4. The van der Waals surface area contributed by atoms with Crippen LogP contribution >= 0.6 is 11.6 Å². The fourth-order valence-electron chi connectivity index (χ4n) is 2.78. The van der Waals surface area contributed by atoms with Gasteiger partial charge in [0.1, 0.15) is 0 Å². The third-order valence-corrected chi connectivity index (χ3v) is 4.28. The van der Waals surface area contributed by atoms with Crippen molar-refractivity contribution in [1.29, 1.82) is 0 Å². The van der Waals surface area contributed by atoms with E-state index in [9.17, 15) is 9.59 Å². The lowest BCUT2D eigenvalue weighted by atomic mass is 9.84. The Hall–Kier alpha value is -1.55. The molecule has 0 bridgehead atoms. The van der Waals surface area contributed by atoms with Gasteiger partial charge in [0.2, 0.25) is 5.60 Å². The minimum absolute atomic E-state index is 0.0564. The molecule has 0 N–H and O–H groups in total. The van der Waals surface area contributed by atoms with Crippen molar-refractivity contribution in [2.45, 2.75) is 51.0 Å². The van der Waals surface area contributed by atoms with Gasteiger partial charge in [0, 0.05) is 5.02 Å². The van der Waals surface area contributed by atoms with Crippen LogP contribution < -0.4 is 0 Å². The minimum atomic E-state index is -1.12. The maximum Gasteiger partial charge on any atom is 0.350 e. The zero-order valence-corrected chi connectivity index (χ0v) is 13.5. The van der Waals surface area contributed by atoms with Crippen molar-refractivity contribution in [1.82, 2.24) is 0 Å². The van der Waals surface area contributed by atoms with Crippen LogP contribution in [0.15, 0.2) is 24.3 Å². The summed E-state index contributed by atoms with van der Waals surface area (Å²) in [6.45, 7) is 2.03. The minimum Gasteiger partial charge on any atom is -0.463 e. The Morgan fingerprint density at radius 2 is 1.86 bits per heavy atom. The lowest BCUT2D eigenvalue weighted by molar-refractivity contribution is -0.186. The van der Waals surface area contributed by atoms with Gasteiger partial charge in [0.25, 0.3) is 0 Å². The first kappa shape index (κ1) is 16.8. The first-order chi connectivity index (χ1) is 10.6. The Bertz CT molecular complexity index is 535. The Morgan fingerprint density at radius 3 is 2.50 bits per heavy atom. The number of esters is 2. The molecule has 0 aliphatic heterocycles. The van der Waals surface area contributed by atoms with Gasteiger partial charge in [-0.2, -0.15) is 0 Å². The summed E-state index contributed by atoms with van der Waals surface area (Å²) in [6, 6.07) is 7.13. The van der Waals surface area contributed by atoms with Crippen LogP contribution in [0.5, 0.6) is 0 Å². The Kier molecular flexibility index (Phi) is 5.83. The zero-order valence-electron chi connectivity index (χ0n) is 12.8. The Morgan fingerprint density at radius 1 is 1.18 bits per heavy atom. The van der Waals surface area contributed by atoms with Crippen molar-refractivity contribution in [3.63, 3.8) is 0 Å². The topological polar surface area (TPSA) is 52.6 Å². The van der Waals surface area contributed by atoms with Crippen LogP contribution in [-0.4, -0.2) is 24.1 Å². The van der Waals surface area contributed by atoms with Crippen molar-refractivity contribution in [3.8, 4) is 0 Å². The molecule has 0 spiro atoms. The van der Waals surface area contributed by atoms with Crippen LogP contribution in [0.25, 0.3) is 0 Å². The molecule has 1 aliphatic rings. The summed E-state index contributed by atoms with van der Waals surface area (Å²) < 4.78 is 10.7. The summed E-state index contributed by atoms with van der Waals surface area (Å²) >= 11 is 6.06. The molecule has 2 rings (SSSR count). The number of benzene rings is 1. The van der Waals surface area contributed by atoms with Crippen LogP contribution in [0.3, 0.4) is 0 Å². The lowest BCUT2D eigenvalue weighted by Gasteiger charge is -2.34. The highest BCUT2D eigenvalue weighted by molar-refractivity contribution is 6.31. The average molecular weight is 325 g/mol. The molecule has 1 fully saturated rings. The molecule has 120 valence electrons. The van der Waals surface area contributed by atoms with Crippen molar-refractivity contribution in [2.24, 2.45) is 0 Å². The summed E-state index contributed by atoms with van der Waals surface area (Å²) in [5.41, 5.74) is -0.420. The number of hydrogen-bond acceptors (Lipinski definition) is 4. The maximum atomic E-state index is 12.3. The lowest BCUT2D eigenvalue weighted by Crippen LogP contribution is -2.46. The summed E-state index contributed by atoms with van der Waals surface area (Å²) in [6.07, 6.45) is 3.88. The molecule has 22 heavy (non-hydrogen) atoms. The fourth-order valence-corrected chi connectivity index (χ4v) is 2.99. The molecule has 5 heteroatoms. The SMILES string of the molecule is CCOC(=O)C1(OC(=O)Cc2ccccc2Cl)CCCCC1.